The van der Waals surface area contributed by atoms with Crippen LogP contribution in [0, 0.1) is 0 Å². The van der Waals surface area contributed by atoms with Gasteiger partial charge in [-0.1, -0.05) is 103 Å². The van der Waals surface area contributed by atoms with Gasteiger partial charge in [-0.2, -0.15) is 0 Å². The zero-order valence-electron chi connectivity index (χ0n) is 22.6. The molecule has 0 saturated carbocycles. The number of hydrogen-bond acceptors (Lipinski definition) is 5. The summed E-state index contributed by atoms with van der Waals surface area (Å²) in [4.78, 5) is 15.1. The predicted octanol–water partition coefficient (Wildman–Crippen LogP) is 10.9. The summed E-state index contributed by atoms with van der Waals surface area (Å²) < 4.78 is 8.54. The maximum atomic E-state index is 7.03. The van der Waals surface area contributed by atoms with Crippen LogP contribution in [-0.4, -0.2) is 15.0 Å². The van der Waals surface area contributed by atoms with Crippen molar-refractivity contribution in [2.75, 3.05) is 0 Å². The lowest BCUT2D eigenvalue weighted by Crippen LogP contribution is -2.00. The number of aromatic nitrogens is 3. The molecule has 0 saturated heterocycles. The zero-order valence-corrected chi connectivity index (χ0v) is 24.2. The van der Waals surface area contributed by atoms with E-state index < -0.39 is 0 Å². The van der Waals surface area contributed by atoms with Crippen LogP contribution in [0.5, 0.6) is 0 Å². The van der Waals surface area contributed by atoms with Gasteiger partial charge < -0.3 is 4.42 Å². The topological polar surface area (TPSA) is 51.8 Å². The molecule has 4 nitrogen and oxygen atoms in total. The Hall–Kier alpha value is -5.10. The van der Waals surface area contributed by atoms with E-state index >= 15 is 0 Å². The Morgan fingerprint density at radius 1 is 0.512 bits per heavy atom. The average molecular weight is 590 g/mol. The lowest BCUT2D eigenvalue weighted by atomic mass is 10.0. The van der Waals surface area contributed by atoms with Crippen molar-refractivity contribution in [1.29, 1.82) is 0 Å². The zero-order chi connectivity index (χ0) is 28.5. The molecule has 43 heavy (non-hydrogen) atoms. The Balaban J connectivity index is 1.34. The lowest BCUT2D eigenvalue weighted by Gasteiger charge is -2.10. The van der Waals surface area contributed by atoms with Crippen molar-refractivity contribution >= 4 is 75.8 Å². The maximum absolute atomic E-state index is 7.03. The number of furan rings is 1. The third-order valence-corrected chi connectivity index (χ3v) is 9.43. The van der Waals surface area contributed by atoms with Crippen LogP contribution >= 0.6 is 22.9 Å². The fourth-order valence-electron chi connectivity index (χ4n) is 6.03. The van der Waals surface area contributed by atoms with E-state index in [-0.39, 0.29) is 0 Å². The van der Waals surface area contributed by atoms with Gasteiger partial charge in [-0.25, -0.2) is 15.0 Å². The molecule has 0 aliphatic heterocycles. The molecular weight excluding hydrogens is 570 g/mol. The maximum Gasteiger partial charge on any atom is 0.165 e. The fraction of sp³-hybridized carbons (Fsp3) is 0. The average Bonchev–Trinajstić information content (AvgIpc) is 3.62. The molecule has 9 aromatic rings. The summed E-state index contributed by atoms with van der Waals surface area (Å²) in [5.41, 5.74) is 4.17. The first-order valence-corrected chi connectivity index (χ1v) is 15.2. The molecule has 0 atom stereocenters. The molecule has 3 aromatic heterocycles. The molecule has 0 amide bonds. The monoisotopic (exact) mass is 589 g/mol. The molecule has 3 heterocycles. The van der Waals surface area contributed by atoms with E-state index in [4.69, 9.17) is 31.0 Å². The minimum Gasteiger partial charge on any atom is -0.456 e. The number of halogens is 1. The van der Waals surface area contributed by atoms with Crippen LogP contribution in [0.25, 0.3) is 87.0 Å². The summed E-state index contributed by atoms with van der Waals surface area (Å²) in [6, 6.07) is 41.1. The Morgan fingerprint density at radius 3 is 2.12 bits per heavy atom. The van der Waals surface area contributed by atoms with Crippen LogP contribution in [0.3, 0.4) is 0 Å². The van der Waals surface area contributed by atoms with Gasteiger partial charge in [-0.05, 0) is 41.1 Å². The number of para-hydroxylation sites is 1. The molecule has 9 rings (SSSR count). The van der Waals surface area contributed by atoms with E-state index in [1.54, 1.807) is 11.3 Å². The van der Waals surface area contributed by atoms with E-state index in [1.807, 2.05) is 72.8 Å². The SMILES string of the molecule is Clc1cc2sc3ccc4ccccc4c3c2cc1-c1nc(-c2ccccc2)nc(-c2cccc3oc4ccccc4c23)n1. The van der Waals surface area contributed by atoms with Crippen LogP contribution in [0.1, 0.15) is 0 Å². The smallest absolute Gasteiger partial charge is 0.165 e. The van der Waals surface area contributed by atoms with Gasteiger partial charge in [0.1, 0.15) is 11.2 Å². The van der Waals surface area contributed by atoms with E-state index in [2.05, 4.69) is 48.5 Å². The second-order valence-corrected chi connectivity index (χ2v) is 12.0. The largest absolute Gasteiger partial charge is 0.456 e. The van der Waals surface area contributed by atoms with Crippen molar-refractivity contribution in [2.24, 2.45) is 0 Å². The van der Waals surface area contributed by atoms with Gasteiger partial charge in [-0.15, -0.1) is 11.3 Å². The van der Waals surface area contributed by atoms with Gasteiger partial charge >= 0.3 is 0 Å². The van der Waals surface area contributed by atoms with E-state index in [1.165, 1.54) is 20.9 Å². The van der Waals surface area contributed by atoms with E-state index in [0.29, 0.717) is 22.5 Å². The molecular formula is C37H20ClN3OS. The van der Waals surface area contributed by atoms with Gasteiger partial charge in [0.05, 0.1) is 5.02 Å². The highest BCUT2D eigenvalue weighted by Gasteiger charge is 2.20. The summed E-state index contributed by atoms with van der Waals surface area (Å²) >= 11 is 8.78. The Morgan fingerprint density at radius 2 is 1.23 bits per heavy atom. The van der Waals surface area contributed by atoms with E-state index in [9.17, 15) is 0 Å². The van der Waals surface area contributed by atoms with Gasteiger partial charge in [0, 0.05) is 47.6 Å². The first-order chi connectivity index (χ1) is 21.2. The number of thiophene rings is 1. The normalized spacial score (nSPS) is 11.8. The number of fused-ring (bicyclic) bond motifs is 8. The molecule has 202 valence electrons. The van der Waals surface area contributed by atoms with Crippen LogP contribution in [0.4, 0.5) is 0 Å². The molecule has 0 bridgehead atoms. The molecule has 6 heteroatoms. The van der Waals surface area contributed by atoms with Gasteiger partial charge in [-0.3, -0.25) is 0 Å². The van der Waals surface area contributed by atoms with Gasteiger partial charge in [0.15, 0.2) is 17.5 Å². The molecule has 0 spiro atoms. The molecule has 0 N–H and O–H groups in total. The second kappa shape index (κ2) is 9.46. The van der Waals surface area contributed by atoms with Crippen molar-refractivity contribution in [1.82, 2.24) is 15.0 Å². The molecule has 0 radical (unpaired) electrons. The van der Waals surface area contributed by atoms with Crippen LogP contribution < -0.4 is 0 Å². The van der Waals surface area contributed by atoms with Gasteiger partial charge in [0.25, 0.3) is 0 Å². The first kappa shape index (κ1) is 24.5. The molecule has 0 aliphatic rings. The summed E-state index contributed by atoms with van der Waals surface area (Å²) in [5, 5.41) is 7.40. The van der Waals surface area contributed by atoms with Crippen LogP contribution in [0.2, 0.25) is 5.02 Å². The van der Waals surface area contributed by atoms with E-state index in [0.717, 1.165) is 48.7 Å². The van der Waals surface area contributed by atoms with Gasteiger partial charge in [0.2, 0.25) is 0 Å². The van der Waals surface area contributed by atoms with Crippen molar-refractivity contribution in [3.63, 3.8) is 0 Å². The Bertz CT molecular complexity index is 2530. The summed E-state index contributed by atoms with van der Waals surface area (Å²) in [7, 11) is 0. The molecule has 0 fully saturated rings. The summed E-state index contributed by atoms with van der Waals surface area (Å²) in [5.74, 6) is 1.68. The standard InChI is InChI=1S/C37H20ClN3OS/c38-28-20-32-27(34-23-12-5-4-9-21(23)17-18-31(34)43-32)19-26(28)37-40-35(22-10-2-1-3-11-22)39-36(41-37)25-14-8-16-30-33(25)24-13-6-7-15-29(24)42-30/h1-20H. The number of benzene rings is 6. The molecule has 0 aliphatic carbocycles. The van der Waals surface area contributed by atoms with Crippen molar-refractivity contribution in [3.8, 4) is 34.2 Å². The fourth-order valence-corrected chi connectivity index (χ4v) is 7.49. The number of hydrogen-bond donors (Lipinski definition) is 0. The number of rotatable bonds is 3. The predicted molar refractivity (Wildman–Crippen MR) is 179 cm³/mol. The Labute approximate surface area is 254 Å². The lowest BCUT2D eigenvalue weighted by molar-refractivity contribution is 0.669. The van der Waals surface area contributed by atoms with Crippen LogP contribution in [-0.2, 0) is 0 Å². The minimum atomic E-state index is 0.528. The highest BCUT2D eigenvalue weighted by molar-refractivity contribution is 7.26. The molecule has 0 unspecified atom stereocenters. The van der Waals surface area contributed by atoms with Crippen molar-refractivity contribution in [3.05, 3.63) is 126 Å². The number of nitrogens with zero attached hydrogens (tertiary/aromatic N) is 3. The van der Waals surface area contributed by atoms with Crippen molar-refractivity contribution in [2.45, 2.75) is 0 Å². The highest BCUT2D eigenvalue weighted by atomic mass is 35.5. The molecule has 6 aromatic carbocycles. The second-order valence-electron chi connectivity index (χ2n) is 10.5. The van der Waals surface area contributed by atoms with Crippen LogP contribution in [0.15, 0.2) is 126 Å². The first-order valence-electron chi connectivity index (χ1n) is 14.0. The summed E-state index contributed by atoms with van der Waals surface area (Å²) in [6.45, 7) is 0. The third-order valence-electron chi connectivity index (χ3n) is 8.00. The highest BCUT2D eigenvalue weighted by Crippen LogP contribution is 2.43. The van der Waals surface area contributed by atoms with Crippen molar-refractivity contribution < 1.29 is 4.42 Å². The minimum absolute atomic E-state index is 0.528. The third kappa shape index (κ3) is 3.86. The summed E-state index contributed by atoms with van der Waals surface area (Å²) in [6.07, 6.45) is 0. The Kier molecular flexibility index (Phi) is 5.39. The quantitative estimate of drug-likeness (QED) is 0.206.